The van der Waals surface area contributed by atoms with E-state index in [0.29, 0.717) is 29.7 Å². The van der Waals surface area contributed by atoms with Crippen molar-refractivity contribution >= 4 is 17.4 Å². The summed E-state index contributed by atoms with van der Waals surface area (Å²) >= 11 is 0. The van der Waals surface area contributed by atoms with Gasteiger partial charge in [0.15, 0.2) is 5.78 Å². The predicted molar refractivity (Wildman–Crippen MR) is 108 cm³/mol. The van der Waals surface area contributed by atoms with Crippen LogP contribution in [0.3, 0.4) is 0 Å². The van der Waals surface area contributed by atoms with Crippen LogP contribution in [0.5, 0.6) is 0 Å². The number of nitrogens with one attached hydrogen (secondary N) is 1. The van der Waals surface area contributed by atoms with E-state index in [1.54, 1.807) is 0 Å². The highest BCUT2D eigenvalue weighted by molar-refractivity contribution is 6.12. The maximum absolute atomic E-state index is 12.7. The van der Waals surface area contributed by atoms with Gasteiger partial charge in [0.25, 0.3) is 5.91 Å². The molecule has 1 aliphatic rings. The molecule has 3 nitrogen and oxygen atoms in total. The van der Waals surface area contributed by atoms with Crippen molar-refractivity contribution in [2.24, 2.45) is 0 Å². The van der Waals surface area contributed by atoms with E-state index in [9.17, 15) is 9.59 Å². The molecule has 4 rings (SSSR count). The van der Waals surface area contributed by atoms with Gasteiger partial charge in [-0.05, 0) is 66.3 Å². The van der Waals surface area contributed by atoms with E-state index in [4.69, 9.17) is 0 Å². The van der Waals surface area contributed by atoms with Crippen LogP contribution >= 0.6 is 0 Å². The van der Waals surface area contributed by atoms with Crippen LogP contribution in [-0.2, 0) is 6.42 Å². The molecule has 0 aromatic heterocycles. The SMILES string of the molecule is Cc1ccc(C(=O)Nc2ccc(-c3ccccc3)c3c2C(=O)CC3)cc1C. The number of anilines is 1. The van der Waals surface area contributed by atoms with Crippen LogP contribution in [0.4, 0.5) is 5.69 Å². The molecule has 0 heterocycles. The van der Waals surface area contributed by atoms with E-state index in [2.05, 4.69) is 5.32 Å². The van der Waals surface area contributed by atoms with Crippen LogP contribution in [-0.4, -0.2) is 11.7 Å². The van der Waals surface area contributed by atoms with E-state index in [0.717, 1.165) is 27.8 Å². The number of hydrogen-bond acceptors (Lipinski definition) is 2. The molecule has 0 atom stereocenters. The van der Waals surface area contributed by atoms with Gasteiger partial charge < -0.3 is 5.32 Å². The average molecular weight is 355 g/mol. The lowest BCUT2D eigenvalue weighted by molar-refractivity contribution is 0.0995. The molecule has 3 aromatic rings. The molecule has 1 N–H and O–H groups in total. The zero-order chi connectivity index (χ0) is 19.0. The van der Waals surface area contributed by atoms with Crippen molar-refractivity contribution in [1.82, 2.24) is 0 Å². The first kappa shape index (κ1) is 17.2. The normalized spacial score (nSPS) is 12.7. The molecule has 27 heavy (non-hydrogen) atoms. The Morgan fingerprint density at radius 1 is 0.889 bits per heavy atom. The monoisotopic (exact) mass is 355 g/mol. The number of carbonyl (C=O) groups is 2. The third-order valence-electron chi connectivity index (χ3n) is 5.30. The first-order valence-corrected chi connectivity index (χ1v) is 9.17. The molecular formula is C24H21NO2. The standard InChI is InChI=1S/C24H21NO2/c1-15-8-9-18(14-16(15)2)24(27)25-21-12-10-19(17-6-4-3-5-7-17)20-11-13-22(26)23(20)21/h3-10,12,14H,11,13H2,1-2H3,(H,25,27). The summed E-state index contributed by atoms with van der Waals surface area (Å²) in [5.74, 6) is -0.0920. The van der Waals surface area contributed by atoms with Gasteiger partial charge >= 0.3 is 0 Å². The lowest BCUT2D eigenvalue weighted by atomic mass is 9.95. The molecule has 0 unspecified atom stereocenters. The van der Waals surface area contributed by atoms with Gasteiger partial charge in [-0.3, -0.25) is 9.59 Å². The van der Waals surface area contributed by atoms with Gasteiger partial charge in [-0.1, -0.05) is 42.5 Å². The topological polar surface area (TPSA) is 46.2 Å². The minimum absolute atomic E-state index is 0.0955. The van der Waals surface area contributed by atoms with Gasteiger partial charge in [0.1, 0.15) is 0 Å². The summed E-state index contributed by atoms with van der Waals surface area (Å²) in [6, 6.07) is 19.6. The highest BCUT2D eigenvalue weighted by Gasteiger charge is 2.27. The Morgan fingerprint density at radius 3 is 2.41 bits per heavy atom. The van der Waals surface area contributed by atoms with Gasteiger partial charge in [0, 0.05) is 17.5 Å². The Kier molecular flexibility index (Phi) is 4.36. The van der Waals surface area contributed by atoms with Gasteiger partial charge in [0.2, 0.25) is 0 Å². The largest absolute Gasteiger partial charge is 0.321 e. The number of amides is 1. The second-order valence-corrected chi connectivity index (χ2v) is 7.06. The highest BCUT2D eigenvalue weighted by atomic mass is 16.1. The van der Waals surface area contributed by atoms with E-state index in [-0.39, 0.29) is 11.7 Å². The quantitative estimate of drug-likeness (QED) is 0.688. The fourth-order valence-electron chi connectivity index (χ4n) is 3.66. The molecule has 3 aromatic carbocycles. The van der Waals surface area contributed by atoms with Crippen molar-refractivity contribution in [1.29, 1.82) is 0 Å². The summed E-state index contributed by atoms with van der Waals surface area (Å²) in [6.07, 6.45) is 1.21. The minimum Gasteiger partial charge on any atom is -0.321 e. The third kappa shape index (κ3) is 3.17. The van der Waals surface area contributed by atoms with Crippen LogP contribution in [0.15, 0.2) is 60.7 Å². The Balaban J connectivity index is 1.72. The summed E-state index contributed by atoms with van der Waals surface area (Å²) in [5, 5.41) is 2.95. The molecule has 1 aliphatic carbocycles. The second-order valence-electron chi connectivity index (χ2n) is 7.06. The average Bonchev–Trinajstić information content (AvgIpc) is 3.07. The second kappa shape index (κ2) is 6.84. The fourth-order valence-corrected chi connectivity index (χ4v) is 3.66. The Morgan fingerprint density at radius 2 is 1.67 bits per heavy atom. The van der Waals surface area contributed by atoms with Crippen LogP contribution in [0.25, 0.3) is 11.1 Å². The van der Waals surface area contributed by atoms with Crippen LogP contribution < -0.4 is 5.32 Å². The number of aryl methyl sites for hydroxylation is 2. The number of carbonyl (C=O) groups excluding carboxylic acids is 2. The number of ketones is 1. The fraction of sp³-hybridized carbons (Fsp3) is 0.167. The van der Waals surface area contributed by atoms with E-state index in [1.165, 1.54) is 0 Å². The highest BCUT2D eigenvalue weighted by Crippen LogP contribution is 2.37. The Hall–Kier alpha value is -3.20. The summed E-state index contributed by atoms with van der Waals surface area (Å²) in [7, 11) is 0. The summed E-state index contributed by atoms with van der Waals surface area (Å²) in [4.78, 5) is 25.3. The third-order valence-corrected chi connectivity index (χ3v) is 5.30. The minimum atomic E-state index is -0.188. The smallest absolute Gasteiger partial charge is 0.255 e. The molecule has 0 aliphatic heterocycles. The molecule has 134 valence electrons. The summed E-state index contributed by atoms with van der Waals surface area (Å²) in [5.41, 5.74) is 7.28. The van der Waals surface area contributed by atoms with Crippen molar-refractivity contribution in [2.75, 3.05) is 5.32 Å². The van der Waals surface area contributed by atoms with E-state index >= 15 is 0 Å². The van der Waals surface area contributed by atoms with Crippen molar-refractivity contribution < 1.29 is 9.59 Å². The Labute approximate surface area is 159 Å². The first-order chi connectivity index (χ1) is 13.0. The summed E-state index contributed by atoms with van der Waals surface area (Å²) in [6.45, 7) is 4.01. The molecule has 1 amide bonds. The van der Waals surface area contributed by atoms with Crippen molar-refractivity contribution in [3.8, 4) is 11.1 Å². The number of Topliss-reactive ketones (excluding diaryl/α,β-unsaturated/α-hetero) is 1. The number of benzene rings is 3. The van der Waals surface area contributed by atoms with Crippen LogP contribution in [0, 0.1) is 13.8 Å². The number of rotatable bonds is 3. The molecule has 0 spiro atoms. The lowest BCUT2D eigenvalue weighted by Crippen LogP contribution is -2.14. The molecule has 0 saturated carbocycles. The molecule has 0 bridgehead atoms. The van der Waals surface area contributed by atoms with Crippen molar-refractivity contribution in [3.63, 3.8) is 0 Å². The first-order valence-electron chi connectivity index (χ1n) is 9.17. The maximum atomic E-state index is 12.7. The van der Waals surface area contributed by atoms with Crippen molar-refractivity contribution in [2.45, 2.75) is 26.7 Å². The van der Waals surface area contributed by atoms with E-state index < -0.39 is 0 Å². The zero-order valence-electron chi connectivity index (χ0n) is 15.5. The molecule has 0 saturated heterocycles. The van der Waals surface area contributed by atoms with E-state index in [1.807, 2.05) is 74.5 Å². The van der Waals surface area contributed by atoms with Gasteiger partial charge in [-0.15, -0.1) is 0 Å². The van der Waals surface area contributed by atoms with Crippen LogP contribution in [0.1, 0.15) is 43.8 Å². The van der Waals surface area contributed by atoms with Crippen LogP contribution in [0.2, 0.25) is 0 Å². The molecular weight excluding hydrogens is 334 g/mol. The number of fused-ring (bicyclic) bond motifs is 1. The van der Waals surface area contributed by atoms with Gasteiger partial charge in [0.05, 0.1) is 5.69 Å². The maximum Gasteiger partial charge on any atom is 0.255 e. The van der Waals surface area contributed by atoms with Crippen molar-refractivity contribution in [3.05, 3.63) is 88.5 Å². The molecule has 0 radical (unpaired) electrons. The Bertz CT molecular complexity index is 1050. The van der Waals surface area contributed by atoms with Gasteiger partial charge in [-0.2, -0.15) is 0 Å². The lowest BCUT2D eigenvalue weighted by Gasteiger charge is -2.14. The van der Waals surface area contributed by atoms with Gasteiger partial charge in [-0.25, -0.2) is 0 Å². The summed E-state index contributed by atoms with van der Waals surface area (Å²) < 4.78 is 0. The zero-order valence-corrected chi connectivity index (χ0v) is 15.5. The molecule has 0 fully saturated rings. The number of hydrogen-bond donors (Lipinski definition) is 1. The predicted octanol–water partition coefficient (Wildman–Crippen LogP) is 5.35. The molecule has 3 heteroatoms.